The van der Waals surface area contributed by atoms with Crippen molar-refractivity contribution in [1.82, 2.24) is 4.90 Å². The largest absolute Gasteiger partial charge is 0.335 e. The molecule has 0 N–H and O–H groups in total. The van der Waals surface area contributed by atoms with E-state index in [4.69, 9.17) is 0 Å². The summed E-state index contributed by atoms with van der Waals surface area (Å²) in [6.45, 7) is 2.60. The monoisotopic (exact) mass is 407 g/mol. The van der Waals surface area contributed by atoms with Crippen LogP contribution < -0.4 is 0 Å². The fourth-order valence-corrected chi connectivity index (χ4v) is 4.77. The molecule has 0 aromatic heterocycles. The van der Waals surface area contributed by atoms with Gasteiger partial charge in [0.1, 0.15) is 0 Å². The predicted molar refractivity (Wildman–Crippen MR) is 87.5 cm³/mol. The molecule has 1 heterocycles. The summed E-state index contributed by atoms with van der Waals surface area (Å²) in [7, 11) is -2.98. The van der Waals surface area contributed by atoms with E-state index in [-0.39, 0.29) is 23.5 Å². The van der Waals surface area contributed by atoms with E-state index in [0.29, 0.717) is 18.5 Å². The third kappa shape index (κ3) is 3.72. The molecule has 110 valence electrons. The molecule has 4 nitrogen and oxygen atoms in total. The van der Waals surface area contributed by atoms with Crippen molar-refractivity contribution in [1.29, 1.82) is 0 Å². The second-order valence-corrected chi connectivity index (χ2v) is 8.54. The number of carbonyl (C=O) groups excluding carboxylic acids is 1. The number of sulfone groups is 1. The van der Waals surface area contributed by atoms with Gasteiger partial charge in [-0.3, -0.25) is 4.79 Å². The Hall–Kier alpha value is -0.630. The van der Waals surface area contributed by atoms with E-state index in [2.05, 4.69) is 22.6 Å². The van der Waals surface area contributed by atoms with Crippen molar-refractivity contribution < 1.29 is 13.2 Å². The molecule has 20 heavy (non-hydrogen) atoms. The van der Waals surface area contributed by atoms with Crippen LogP contribution >= 0.6 is 22.6 Å². The van der Waals surface area contributed by atoms with Crippen LogP contribution in [-0.4, -0.2) is 43.3 Å². The number of nitrogens with zero attached hydrogens (tertiary/aromatic N) is 1. The lowest BCUT2D eigenvalue weighted by molar-refractivity contribution is 0.0697. The normalized spacial score (nSPS) is 20.8. The zero-order chi connectivity index (χ0) is 14.8. The molecule has 2 rings (SSSR count). The molecule has 0 bridgehead atoms. The maximum Gasteiger partial charge on any atom is 0.254 e. The summed E-state index contributed by atoms with van der Waals surface area (Å²) in [6, 6.07) is 7.24. The van der Waals surface area contributed by atoms with Gasteiger partial charge in [-0.25, -0.2) is 8.42 Å². The van der Waals surface area contributed by atoms with Crippen molar-refractivity contribution in [2.24, 2.45) is 0 Å². The van der Waals surface area contributed by atoms with Gasteiger partial charge in [0.15, 0.2) is 9.84 Å². The van der Waals surface area contributed by atoms with Crippen LogP contribution in [0, 0.1) is 3.57 Å². The highest BCUT2D eigenvalue weighted by atomic mass is 127. The van der Waals surface area contributed by atoms with Crippen LogP contribution in [0.4, 0.5) is 0 Å². The number of amides is 1. The van der Waals surface area contributed by atoms with Crippen molar-refractivity contribution in [3.8, 4) is 0 Å². The number of carbonyl (C=O) groups is 1. The minimum Gasteiger partial charge on any atom is -0.335 e. The summed E-state index contributed by atoms with van der Waals surface area (Å²) in [5.41, 5.74) is 0.634. The molecule has 1 saturated heterocycles. The van der Waals surface area contributed by atoms with Crippen molar-refractivity contribution in [2.75, 3.05) is 18.1 Å². The zero-order valence-electron chi connectivity index (χ0n) is 11.4. The van der Waals surface area contributed by atoms with Crippen LogP contribution in [0.15, 0.2) is 24.3 Å². The Morgan fingerprint density at radius 3 is 2.75 bits per heavy atom. The average molecular weight is 407 g/mol. The van der Waals surface area contributed by atoms with Gasteiger partial charge in [-0.1, -0.05) is 13.0 Å². The first-order valence-corrected chi connectivity index (χ1v) is 9.60. The minimum absolute atomic E-state index is 0.0625. The molecule has 1 unspecified atom stereocenters. The highest BCUT2D eigenvalue weighted by Gasteiger charge is 2.34. The smallest absolute Gasteiger partial charge is 0.254 e. The van der Waals surface area contributed by atoms with Crippen LogP contribution in [-0.2, 0) is 9.84 Å². The van der Waals surface area contributed by atoms with E-state index >= 15 is 0 Å². The lowest BCUT2D eigenvalue weighted by Gasteiger charge is -2.28. The number of hydrogen-bond acceptors (Lipinski definition) is 3. The van der Waals surface area contributed by atoms with Crippen molar-refractivity contribution in [3.63, 3.8) is 0 Å². The second-order valence-electron chi connectivity index (χ2n) is 5.07. The molecule has 1 aliphatic rings. The zero-order valence-corrected chi connectivity index (χ0v) is 14.4. The fourth-order valence-electron chi connectivity index (χ4n) is 2.50. The van der Waals surface area contributed by atoms with Gasteiger partial charge in [0.25, 0.3) is 5.91 Å². The predicted octanol–water partition coefficient (Wildman–Crippen LogP) is 2.33. The molecule has 1 amide bonds. The van der Waals surface area contributed by atoms with Crippen LogP contribution in [0.5, 0.6) is 0 Å². The maximum absolute atomic E-state index is 12.6. The van der Waals surface area contributed by atoms with E-state index in [1.807, 2.05) is 25.1 Å². The quantitative estimate of drug-likeness (QED) is 0.721. The molecule has 0 saturated carbocycles. The van der Waals surface area contributed by atoms with Gasteiger partial charge >= 0.3 is 0 Å². The molecule has 0 spiro atoms. The average Bonchev–Trinajstić information content (AvgIpc) is 2.75. The van der Waals surface area contributed by atoms with E-state index in [0.717, 1.165) is 9.99 Å². The van der Waals surface area contributed by atoms with Gasteiger partial charge in [-0.15, -0.1) is 0 Å². The van der Waals surface area contributed by atoms with Gasteiger partial charge < -0.3 is 4.90 Å². The Kier molecular flexibility index (Phi) is 5.06. The maximum atomic E-state index is 12.6. The Bertz CT molecular complexity index is 600. The molecule has 0 radical (unpaired) electrons. The first-order valence-electron chi connectivity index (χ1n) is 6.70. The Balaban J connectivity index is 2.22. The van der Waals surface area contributed by atoms with E-state index in [9.17, 15) is 13.2 Å². The Morgan fingerprint density at radius 2 is 2.20 bits per heavy atom. The Morgan fingerprint density at radius 1 is 1.45 bits per heavy atom. The number of hydrogen-bond donors (Lipinski definition) is 0. The highest BCUT2D eigenvalue weighted by Crippen LogP contribution is 2.21. The van der Waals surface area contributed by atoms with E-state index in [1.54, 1.807) is 11.0 Å². The van der Waals surface area contributed by atoms with E-state index < -0.39 is 9.84 Å². The van der Waals surface area contributed by atoms with E-state index in [1.165, 1.54) is 0 Å². The molecular formula is C14H18INO3S. The molecule has 1 aliphatic heterocycles. The molecular weight excluding hydrogens is 389 g/mol. The fraction of sp³-hybridized carbons (Fsp3) is 0.500. The molecule has 1 aromatic rings. The summed E-state index contributed by atoms with van der Waals surface area (Å²) >= 11 is 2.17. The number of rotatable bonds is 4. The minimum atomic E-state index is -2.98. The van der Waals surface area contributed by atoms with Crippen molar-refractivity contribution >= 4 is 38.3 Å². The summed E-state index contributed by atoms with van der Waals surface area (Å²) in [5, 5.41) is 0. The highest BCUT2D eigenvalue weighted by molar-refractivity contribution is 14.1. The lowest BCUT2D eigenvalue weighted by atomic mass is 10.1. The number of halogens is 1. The molecule has 1 fully saturated rings. The summed E-state index contributed by atoms with van der Waals surface area (Å²) in [6.07, 6.45) is 1.38. The third-order valence-corrected chi connectivity index (χ3v) is 5.87. The topological polar surface area (TPSA) is 54.5 Å². The first kappa shape index (κ1) is 15.8. The molecule has 0 aliphatic carbocycles. The van der Waals surface area contributed by atoms with Crippen LogP contribution in [0.1, 0.15) is 30.1 Å². The lowest BCUT2D eigenvalue weighted by Crippen LogP contribution is -2.41. The summed E-state index contributed by atoms with van der Waals surface area (Å²) in [4.78, 5) is 14.3. The van der Waals surface area contributed by atoms with Crippen molar-refractivity contribution in [2.45, 2.75) is 25.8 Å². The summed E-state index contributed by atoms with van der Waals surface area (Å²) < 4.78 is 24.3. The van der Waals surface area contributed by atoms with Crippen molar-refractivity contribution in [3.05, 3.63) is 33.4 Å². The molecule has 1 atom stereocenters. The standard InChI is InChI=1S/C14H18INO3S/c1-2-7-16(13-6-8-20(18,19)10-13)14(17)11-4-3-5-12(15)9-11/h3-5,9,13H,2,6-8,10H2,1H3. The summed E-state index contributed by atoms with van der Waals surface area (Å²) in [5.74, 6) is 0.229. The van der Waals surface area contributed by atoms with Gasteiger partial charge in [0.2, 0.25) is 0 Å². The Labute approximate surface area is 133 Å². The van der Waals surface area contributed by atoms with Gasteiger partial charge in [0.05, 0.1) is 11.5 Å². The first-order chi connectivity index (χ1) is 9.43. The van der Waals surface area contributed by atoms with Gasteiger partial charge in [0, 0.05) is 21.7 Å². The molecule has 6 heteroatoms. The SMILES string of the molecule is CCCN(C(=O)c1cccc(I)c1)C1CCS(=O)(=O)C1. The van der Waals surface area contributed by atoms with Crippen LogP contribution in [0.3, 0.4) is 0 Å². The van der Waals surface area contributed by atoms with Gasteiger partial charge in [-0.2, -0.15) is 0 Å². The van der Waals surface area contributed by atoms with Gasteiger partial charge in [-0.05, 0) is 53.6 Å². The third-order valence-electron chi connectivity index (χ3n) is 3.45. The number of benzene rings is 1. The van der Waals surface area contributed by atoms with Crippen LogP contribution in [0.25, 0.3) is 0 Å². The van der Waals surface area contributed by atoms with Crippen LogP contribution in [0.2, 0.25) is 0 Å². The molecule has 1 aromatic carbocycles. The second kappa shape index (κ2) is 6.43.